The summed E-state index contributed by atoms with van der Waals surface area (Å²) in [4.78, 5) is 2.46. The van der Waals surface area contributed by atoms with Crippen LogP contribution in [0.5, 0.6) is 0 Å². The van der Waals surface area contributed by atoms with Crippen LogP contribution in [-0.2, 0) is 0 Å². The second-order valence-corrected chi connectivity index (χ2v) is 4.84. The molecule has 1 fully saturated rings. The van der Waals surface area contributed by atoms with E-state index in [-0.39, 0.29) is 0 Å². The van der Waals surface area contributed by atoms with Gasteiger partial charge in [-0.1, -0.05) is 20.8 Å². The molecule has 0 bridgehead atoms. The van der Waals surface area contributed by atoms with Crippen LogP contribution >= 0.6 is 0 Å². The highest BCUT2D eigenvalue weighted by atomic mass is 15.2. The maximum absolute atomic E-state index is 5.80. The van der Waals surface area contributed by atoms with Crippen LogP contribution in [0.3, 0.4) is 0 Å². The molecule has 0 aromatic heterocycles. The third-order valence-electron chi connectivity index (χ3n) is 2.01. The lowest BCUT2D eigenvalue weighted by Crippen LogP contribution is -2.33. The quantitative estimate of drug-likeness (QED) is 0.615. The molecule has 2 nitrogen and oxygen atoms in total. The minimum Gasteiger partial charge on any atom is -0.326 e. The Morgan fingerprint density at radius 3 is 2.45 bits per heavy atom. The topological polar surface area (TPSA) is 29.3 Å². The van der Waals surface area contributed by atoms with Gasteiger partial charge in [-0.2, -0.15) is 0 Å². The number of nitrogens with zero attached hydrogens (tertiary/aromatic N) is 1. The Labute approximate surface area is 69.8 Å². The zero-order valence-corrected chi connectivity index (χ0v) is 7.93. The van der Waals surface area contributed by atoms with E-state index in [0.717, 1.165) is 6.54 Å². The first-order valence-corrected chi connectivity index (χ1v) is 4.45. The summed E-state index contributed by atoms with van der Waals surface area (Å²) < 4.78 is 0. The van der Waals surface area contributed by atoms with Crippen molar-refractivity contribution in [1.82, 2.24) is 4.90 Å². The van der Waals surface area contributed by atoms with Crippen molar-refractivity contribution >= 4 is 0 Å². The number of nitrogens with two attached hydrogens (primary N) is 1. The molecule has 2 heteroatoms. The lowest BCUT2D eigenvalue weighted by Gasteiger charge is -2.25. The second-order valence-electron chi connectivity index (χ2n) is 4.84. The van der Waals surface area contributed by atoms with E-state index in [0.29, 0.717) is 11.5 Å². The Kier molecular flexibility index (Phi) is 2.55. The monoisotopic (exact) mass is 156 g/mol. The summed E-state index contributed by atoms with van der Waals surface area (Å²) in [5.41, 5.74) is 6.22. The van der Waals surface area contributed by atoms with Gasteiger partial charge in [0, 0.05) is 19.1 Å². The highest BCUT2D eigenvalue weighted by Crippen LogP contribution is 2.18. The van der Waals surface area contributed by atoms with Crippen molar-refractivity contribution in [3.8, 4) is 0 Å². The molecule has 1 atom stereocenters. The van der Waals surface area contributed by atoms with E-state index in [1.165, 1.54) is 19.5 Å². The average Bonchev–Trinajstić information content (AvgIpc) is 2.10. The Hall–Kier alpha value is -0.0800. The first-order valence-electron chi connectivity index (χ1n) is 4.45. The summed E-state index contributed by atoms with van der Waals surface area (Å²) >= 11 is 0. The Bertz CT molecular complexity index is 126. The first kappa shape index (κ1) is 9.01. The standard InChI is InChI=1S/C9H20N2/c1-9(2,3)7-11-5-4-8(10)6-11/h8H,4-7,10H2,1-3H3/t8-/m1/s1. The predicted molar refractivity (Wildman–Crippen MR) is 48.5 cm³/mol. The molecule has 1 aliphatic heterocycles. The van der Waals surface area contributed by atoms with Gasteiger partial charge in [0.25, 0.3) is 0 Å². The fourth-order valence-electron chi connectivity index (χ4n) is 1.68. The summed E-state index contributed by atoms with van der Waals surface area (Å²) in [6.45, 7) is 10.3. The smallest absolute Gasteiger partial charge is 0.0180 e. The first-order chi connectivity index (χ1) is 4.97. The van der Waals surface area contributed by atoms with E-state index in [1.54, 1.807) is 0 Å². The average molecular weight is 156 g/mol. The van der Waals surface area contributed by atoms with Crippen LogP contribution in [0.2, 0.25) is 0 Å². The molecule has 0 saturated carbocycles. The minimum atomic E-state index is 0.421. The minimum absolute atomic E-state index is 0.421. The van der Waals surface area contributed by atoms with Gasteiger partial charge in [-0.15, -0.1) is 0 Å². The van der Waals surface area contributed by atoms with Crippen molar-refractivity contribution < 1.29 is 0 Å². The van der Waals surface area contributed by atoms with E-state index in [1.807, 2.05) is 0 Å². The summed E-state index contributed by atoms with van der Waals surface area (Å²) in [5, 5.41) is 0. The second kappa shape index (κ2) is 3.11. The van der Waals surface area contributed by atoms with E-state index in [4.69, 9.17) is 5.73 Å². The van der Waals surface area contributed by atoms with Gasteiger partial charge in [0.05, 0.1) is 0 Å². The van der Waals surface area contributed by atoms with Gasteiger partial charge >= 0.3 is 0 Å². The molecule has 0 spiro atoms. The third-order valence-corrected chi connectivity index (χ3v) is 2.01. The molecule has 11 heavy (non-hydrogen) atoms. The van der Waals surface area contributed by atoms with Crippen LogP contribution < -0.4 is 5.73 Å². The summed E-state index contributed by atoms with van der Waals surface area (Å²) in [7, 11) is 0. The fourth-order valence-corrected chi connectivity index (χ4v) is 1.68. The molecule has 1 aliphatic rings. The maximum Gasteiger partial charge on any atom is 0.0180 e. The molecule has 1 saturated heterocycles. The van der Waals surface area contributed by atoms with Crippen LogP contribution in [-0.4, -0.2) is 30.6 Å². The molecule has 66 valence electrons. The molecule has 1 rings (SSSR count). The van der Waals surface area contributed by atoms with Crippen molar-refractivity contribution in [2.24, 2.45) is 11.1 Å². The van der Waals surface area contributed by atoms with E-state index < -0.39 is 0 Å². The fraction of sp³-hybridized carbons (Fsp3) is 1.00. The summed E-state index contributed by atoms with van der Waals surface area (Å²) in [6, 6.07) is 0.428. The molecular formula is C9H20N2. The third kappa shape index (κ3) is 3.21. The molecule has 0 unspecified atom stereocenters. The summed E-state index contributed by atoms with van der Waals surface area (Å²) in [5.74, 6) is 0. The van der Waals surface area contributed by atoms with Crippen LogP contribution in [0.4, 0.5) is 0 Å². The highest BCUT2D eigenvalue weighted by Gasteiger charge is 2.23. The van der Waals surface area contributed by atoms with Crippen LogP contribution in [0, 0.1) is 5.41 Å². The van der Waals surface area contributed by atoms with Crippen molar-refractivity contribution in [3.63, 3.8) is 0 Å². The highest BCUT2D eigenvalue weighted by molar-refractivity contribution is 4.80. The van der Waals surface area contributed by atoms with Crippen LogP contribution in [0.15, 0.2) is 0 Å². The Balaban J connectivity index is 2.29. The molecular weight excluding hydrogens is 136 g/mol. The maximum atomic E-state index is 5.80. The zero-order chi connectivity index (χ0) is 8.48. The van der Waals surface area contributed by atoms with Gasteiger partial charge in [-0.3, -0.25) is 0 Å². The normalized spacial score (nSPS) is 27.8. The van der Waals surface area contributed by atoms with Crippen molar-refractivity contribution in [2.45, 2.75) is 33.2 Å². The Morgan fingerprint density at radius 2 is 2.09 bits per heavy atom. The Morgan fingerprint density at radius 1 is 1.45 bits per heavy atom. The van der Waals surface area contributed by atoms with Crippen molar-refractivity contribution in [2.75, 3.05) is 19.6 Å². The molecule has 0 amide bonds. The molecule has 0 radical (unpaired) electrons. The van der Waals surface area contributed by atoms with E-state index in [2.05, 4.69) is 25.7 Å². The summed E-state index contributed by atoms with van der Waals surface area (Å²) in [6.07, 6.45) is 1.18. The van der Waals surface area contributed by atoms with Gasteiger partial charge in [0.15, 0.2) is 0 Å². The predicted octanol–water partition coefficient (Wildman–Crippen LogP) is 1.07. The lowest BCUT2D eigenvalue weighted by molar-refractivity contribution is 0.225. The number of hydrogen-bond donors (Lipinski definition) is 1. The van der Waals surface area contributed by atoms with Crippen LogP contribution in [0.1, 0.15) is 27.2 Å². The lowest BCUT2D eigenvalue weighted by atomic mass is 9.96. The van der Waals surface area contributed by atoms with Crippen molar-refractivity contribution in [3.05, 3.63) is 0 Å². The van der Waals surface area contributed by atoms with E-state index in [9.17, 15) is 0 Å². The number of rotatable bonds is 1. The molecule has 2 N–H and O–H groups in total. The van der Waals surface area contributed by atoms with Crippen molar-refractivity contribution in [1.29, 1.82) is 0 Å². The van der Waals surface area contributed by atoms with Gasteiger partial charge in [-0.05, 0) is 18.4 Å². The molecule has 0 aromatic rings. The zero-order valence-electron chi connectivity index (χ0n) is 7.93. The van der Waals surface area contributed by atoms with Gasteiger partial charge < -0.3 is 10.6 Å². The van der Waals surface area contributed by atoms with Gasteiger partial charge in [0.2, 0.25) is 0 Å². The SMILES string of the molecule is CC(C)(C)CN1CC[C@@H](N)C1. The largest absolute Gasteiger partial charge is 0.326 e. The number of hydrogen-bond acceptors (Lipinski definition) is 2. The van der Waals surface area contributed by atoms with E-state index >= 15 is 0 Å². The number of likely N-dealkylation sites (tertiary alicyclic amines) is 1. The molecule has 1 heterocycles. The van der Waals surface area contributed by atoms with Gasteiger partial charge in [0.1, 0.15) is 0 Å². The van der Waals surface area contributed by atoms with Gasteiger partial charge in [-0.25, -0.2) is 0 Å². The molecule has 0 aliphatic carbocycles. The molecule has 0 aromatic carbocycles. The van der Waals surface area contributed by atoms with Crippen LogP contribution in [0.25, 0.3) is 0 Å².